The lowest BCUT2D eigenvalue weighted by Gasteiger charge is -2.16. The molecule has 0 aliphatic heterocycles. The van der Waals surface area contributed by atoms with E-state index < -0.39 is 23.8 Å². The maximum absolute atomic E-state index is 13.0. The molecule has 35 heavy (non-hydrogen) atoms. The Morgan fingerprint density at radius 1 is 1.11 bits per heavy atom. The highest BCUT2D eigenvalue weighted by atomic mass is 19.4. The number of aliphatic hydroxyl groups is 1. The van der Waals surface area contributed by atoms with Gasteiger partial charge in [0.1, 0.15) is 5.69 Å². The number of hydrogen-bond donors (Lipinski definition) is 2. The molecule has 0 fully saturated rings. The van der Waals surface area contributed by atoms with Gasteiger partial charge in [-0.1, -0.05) is 6.07 Å². The summed E-state index contributed by atoms with van der Waals surface area (Å²) >= 11 is 0. The van der Waals surface area contributed by atoms with E-state index >= 15 is 0 Å². The number of nitrogens with one attached hydrogen (secondary N) is 1. The minimum Gasteiger partial charge on any atom is -0.394 e. The molecule has 0 bridgehead atoms. The van der Waals surface area contributed by atoms with Crippen LogP contribution in [-0.4, -0.2) is 41.9 Å². The second-order valence-corrected chi connectivity index (χ2v) is 7.97. The maximum Gasteiger partial charge on any atom is 0.433 e. The van der Waals surface area contributed by atoms with Crippen molar-refractivity contribution in [3.8, 4) is 5.69 Å². The quantitative estimate of drug-likeness (QED) is 0.399. The molecule has 0 aliphatic rings. The van der Waals surface area contributed by atoms with Gasteiger partial charge in [-0.3, -0.25) is 19.0 Å². The molecule has 4 heterocycles. The topological polar surface area (TPSA) is 97.9 Å². The van der Waals surface area contributed by atoms with Crippen LogP contribution < -0.4 is 5.32 Å². The van der Waals surface area contributed by atoms with E-state index in [4.69, 9.17) is 0 Å². The van der Waals surface area contributed by atoms with Crippen molar-refractivity contribution in [3.63, 3.8) is 0 Å². The van der Waals surface area contributed by atoms with Crippen molar-refractivity contribution in [1.82, 2.24) is 29.6 Å². The van der Waals surface area contributed by atoms with Gasteiger partial charge in [0.2, 0.25) is 0 Å². The first-order valence-corrected chi connectivity index (χ1v) is 10.6. The van der Waals surface area contributed by atoms with Crippen LogP contribution in [-0.2, 0) is 13.2 Å². The van der Waals surface area contributed by atoms with Gasteiger partial charge in [0.25, 0.3) is 5.91 Å². The Bertz CT molecular complexity index is 1520. The molecule has 1 unspecified atom stereocenters. The van der Waals surface area contributed by atoms with E-state index in [-0.39, 0.29) is 6.61 Å². The zero-order valence-corrected chi connectivity index (χ0v) is 18.4. The van der Waals surface area contributed by atoms with Crippen molar-refractivity contribution in [1.29, 1.82) is 0 Å². The first-order chi connectivity index (χ1) is 16.8. The molecule has 0 saturated heterocycles. The van der Waals surface area contributed by atoms with Gasteiger partial charge in [0.15, 0.2) is 5.65 Å². The first kappa shape index (κ1) is 22.5. The van der Waals surface area contributed by atoms with Crippen molar-refractivity contribution < 1.29 is 23.1 Å². The molecule has 178 valence electrons. The number of carbonyl (C=O) groups excluding carboxylic acids is 1. The van der Waals surface area contributed by atoms with Gasteiger partial charge in [0.05, 0.1) is 35.7 Å². The highest BCUT2D eigenvalue weighted by Gasteiger charge is 2.32. The lowest BCUT2D eigenvalue weighted by molar-refractivity contribution is -0.141. The summed E-state index contributed by atoms with van der Waals surface area (Å²) in [6, 6.07) is 11.8. The lowest BCUT2D eigenvalue weighted by atomic mass is 10.1. The van der Waals surface area contributed by atoms with Gasteiger partial charge in [-0.25, -0.2) is 4.98 Å². The number of hydrogen-bond acceptors (Lipinski definition) is 5. The number of pyridine rings is 2. The van der Waals surface area contributed by atoms with Gasteiger partial charge in [-0.2, -0.15) is 18.3 Å². The van der Waals surface area contributed by atoms with Crippen LogP contribution in [0.5, 0.6) is 0 Å². The Kier molecular flexibility index (Phi) is 5.48. The number of aliphatic hydroxyl groups excluding tert-OH is 1. The summed E-state index contributed by atoms with van der Waals surface area (Å²) in [7, 11) is 1.73. The number of alkyl halides is 3. The molecular formula is C24H19F3N6O2. The number of aromatic nitrogens is 5. The average Bonchev–Trinajstić information content (AvgIpc) is 3.36. The van der Waals surface area contributed by atoms with E-state index in [1.54, 1.807) is 65.1 Å². The predicted molar refractivity (Wildman–Crippen MR) is 122 cm³/mol. The Morgan fingerprint density at radius 3 is 2.60 bits per heavy atom. The molecule has 8 nitrogen and oxygen atoms in total. The monoisotopic (exact) mass is 480 g/mol. The number of aryl methyl sites for hydroxylation is 1. The van der Waals surface area contributed by atoms with Crippen molar-refractivity contribution in [2.75, 3.05) is 6.61 Å². The molecule has 0 spiro atoms. The Labute approximate surface area is 196 Å². The molecule has 5 aromatic rings. The predicted octanol–water partition coefficient (Wildman–Crippen LogP) is 3.79. The fourth-order valence-electron chi connectivity index (χ4n) is 4.02. The SMILES string of the molecule is Cn1cc2c3cc(C(=O)NC(CO)c4ccccn4)ccc3n(-c3ccc(C(F)(F)F)nc3)c2n1. The van der Waals surface area contributed by atoms with E-state index in [0.29, 0.717) is 33.5 Å². The number of halogens is 3. The zero-order chi connectivity index (χ0) is 24.7. The van der Waals surface area contributed by atoms with Gasteiger partial charge >= 0.3 is 6.18 Å². The van der Waals surface area contributed by atoms with Crippen LogP contribution in [0.1, 0.15) is 27.8 Å². The maximum atomic E-state index is 13.0. The molecule has 2 N–H and O–H groups in total. The third-order valence-electron chi connectivity index (χ3n) is 5.64. The Hall–Kier alpha value is -4.25. The van der Waals surface area contributed by atoms with Crippen molar-refractivity contribution in [3.05, 3.63) is 84.1 Å². The third kappa shape index (κ3) is 4.10. The summed E-state index contributed by atoms with van der Waals surface area (Å²) in [5.41, 5.74) is 1.47. The molecule has 1 amide bonds. The molecule has 1 atom stereocenters. The first-order valence-electron chi connectivity index (χ1n) is 10.6. The van der Waals surface area contributed by atoms with Crippen molar-refractivity contribution in [2.24, 2.45) is 7.05 Å². The number of benzene rings is 1. The summed E-state index contributed by atoms with van der Waals surface area (Å²) in [6.07, 6.45) is -0.0385. The fraction of sp³-hybridized carbons (Fsp3) is 0.167. The van der Waals surface area contributed by atoms with Crippen molar-refractivity contribution >= 4 is 27.8 Å². The Morgan fingerprint density at radius 2 is 1.94 bits per heavy atom. The Balaban J connectivity index is 1.56. The number of rotatable bonds is 5. The van der Waals surface area contributed by atoms with Crippen LogP contribution in [0.15, 0.2) is 67.1 Å². The molecule has 5 rings (SSSR count). The third-order valence-corrected chi connectivity index (χ3v) is 5.64. The number of carbonyl (C=O) groups is 1. The molecule has 1 aromatic carbocycles. The molecule has 0 saturated carbocycles. The van der Waals surface area contributed by atoms with Gasteiger partial charge < -0.3 is 10.4 Å². The molecule has 11 heteroatoms. The van der Waals surface area contributed by atoms with E-state index in [1.807, 2.05) is 0 Å². The minimum atomic E-state index is -4.54. The minimum absolute atomic E-state index is 0.324. The highest BCUT2D eigenvalue weighted by molar-refractivity contribution is 6.10. The lowest BCUT2D eigenvalue weighted by Crippen LogP contribution is -2.31. The second kappa shape index (κ2) is 8.51. The van der Waals surface area contributed by atoms with E-state index in [0.717, 1.165) is 17.6 Å². The summed E-state index contributed by atoms with van der Waals surface area (Å²) in [6.45, 7) is -0.324. The van der Waals surface area contributed by atoms with E-state index in [9.17, 15) is 23.1 Å². The standard InChI is InChI=1S/C24H19F3N6O2/c1-32-12-17-16-10-14(23(35)30-19(13-34)18-4-2-3-9-28-18)5-7-20(16)33(22(17)31-32)15-6-8-21(29-11-15)24(25,26)27/h2-12,19,34H,13H2,1H3,(H,30,35). The van der Waals surface area contributed by atoms with Gasteiger partial charge in [0, 0.05) is 35.8 Å². The number of nitrogens with zero attached hydrogens (tertiary/aromatic N) is 5. The summed E-state index contributed by atoms with van der Waals surface area (Å²) in [5, 5.41) is 18.4. The molecular weight excluding hydrogens is 461 g/mol. The summed E-state index contributed by atoms with van der Waals surface area (Å²) in [4.78, 5) is 20.7. The average molecular weight is 480 g/mol. The second-order valence-electron chi connectivity index (χ2n) is 7.97. The van der Waals surface area contributed by atoms with Crippen LogP contribution >= 0.6 is 0 Å². The van der Waals surface area contributed by atoms with Gasteiger partial charge in [-0.05, 0) is 42.5 Å². The normalized spacial score (nSPS) is 12.8. The highest BCUT2D eigenvalue weighted by Crippen LogP contribution is 2.33. The van der Waals surface area contributed by atoms with Crippen molar-refractivity contribution in [2.45, 2.75) is 12.2 Å². The number of fused-ring (bicyclic) bond motifs is 3. The van der Waals surface area contributed by atoms with E-state index in [1.165, 1.54) is 6.07 Å². The smallest absolute Gasteiger partial charge is 0.394 e. The number of amides is 1. The van der Waals surface area contributed by atoms with E-state index in [2.05, 4.69) is 20.4 Å². The fourth-order valence-corrected chi connectivity index (χ4v) is 4.02. The molecule has 4 aromatic heterocycles. The van der Waals surface area contributed by atoms with Crippen LogP contribution in [0.2, 0.25) is 0 Å². The largest absolute Gasteiger partial charge is 0.433 e. The van der Waals surface area contributed by atoms with Crippen LogP contribution in [0, 0.1) is 0 Å². The molecule has 0 radical (unpaired) electrons. The summed E-state index contributed by atoms with van der Waals surface area (Å²) in [5.74, 6) is -0.405. The van der Waals surface area contributed by atoms with Crippen LogP contribution in [0.25, 0.3) is 27.6 Å². The summed E-state index contributed by atoms with van der Waals surface area (Å²) < 4.78 is 42.2. The van der Waals surface area contributed by atoms with Crippen LogP contribution in [0.4, 0.5) is 13.2 Å². The molecule has 0 aliphatic carbocycles. The van der Waals surface area contributed by atoms with Gasteiger partial charge in [-0.15, -0.1) is 0 Å². The zero-order valence-electron chi connectivity index (χ0n) is 18.4. The van der Waals surface area contributed by atoms with Crippen LogP contribution in [0.3, 0.4) is 0 Å².